The van der Waals surface area contributed by atoms with Crippen molar-refractivity contribution in [3.63, 3.8) is 0 Å². The maximum absolute atomic E-state index is 11.4. The molecule has 1 saturated heterocycles. The summed E-state index contributed by atoms with van der Waals surface area (Å²) in [6.07, 6.45) is -0.514. The molecule has 15 heteroatoms. The van der Waals surface area contributed by atoms with E-state index >= 15 is 0 Å². The van der Waals surface area contributed by atoms with Crippen LogP contribution in [0, 0.1) is 39.9 Å². The third-order valence-corrected chi connectivity index (χ3v) is 5.16. The molecule has 0 aromatic carbocycles. The van der Waals surface area contributed by atoms with E-state index in [0.29, 0.717) is 0 Å². The molecule has 13 nitrogen and oxygen atoms in total. The minimum atomic E-state index is -4.35. The van der Waals surface area contributed by atoms with E-state index in [1.807, 2.05) is 0 Å². The molecule has 5 N–H and O–H groups in total. The van der Waals surface area contributed by atoms with Crippen LogP contribution in [0.1, 0.15) is 0 Å². The molecule has 1 aliphatic heterocycles. The van der Waals surface area contributed by atoms with Crippen LogP contribution in [0.25, 0.3) is 0 Å². The number of carboxylic acids is 3. The number of nitrogens with zero attached hydrogens (tertiary/aromatic N) is 4. The van der Waals surface area contributed by atoms with Crippen molar-refractivity contribution < 1.29 is 84.0 Å². The Morgan fingerprint density at radius 1 is 0.600 bits per heavy atom. The summed E-state index contributed by atoms with van der Waals surface area (Å²) in [5.41, 5.74) is 0. The van der Waals surface area contributed by atoms with E-state index in [1.54, 1.807) is 14.7 Å². The molecule has 0 bridgehead atoms. The van der Waals surface area contributed by atoms with Crippen molar-refractivity contribution in [2.45, 2.75) is 0 Å². The van der Waals surface area contributed by atoms with Crippen molar-refractivity contribution in [2.24, 2.45) is 0 Å². The van der Waals surface area contributed by atoms with Gasteiger partial charge in [0.15, 0.2) is 0 Å². The second-order valence-corrected chi connectivity index (χ2v) is 8.55. The summed E-state index contributed by atoms with van der Waals surface area (Å²) >= 11 is 0. The van der Waals surface area contributed by atoms with Gasteiger partial charge in [-0.25, -0.2) is 0 Å². The second-order valence-electron chi connectivity index (χ2n) is 6.93. The van der Waals surface area contributed by atoms with Crippen LogP contribution in [-0.4, -0.2) is 141 Å². The Hall–Kier alpha value is -0.275. The third-order valence-electron chi connectivity index (χ3n) is 4.39. The van der Waals surface area contributed by atoms with Crippen LogP contribution in [0.3, 0.4) is 0 Å². The molecule has 0 aliphatic carbocycles. The Morgan fingerprint density at radius 3 is 1.03 bits per heavy atom. The minimum Gasteiger partial charge on any atom is -0.480 e. The van der Waals surface area contributed by atoms with Crippen molar-refractivity contribution in [3.8, 4) is 0 Å². The average Bonchev–Trinajstić information content (AvgIpc) is 2.54. The number of hydrogen-bond acceptors (Lipinski definition) is 8. The molecule has 0 radical (unpaired) electrons. The van der Waals surface area contributed by atoms with Crippen LogP contribution in [-0.2, 0) is 18.9 Å². The zero-order chi connectivity index (χ0) is 22.0. The van der Waals surface area contributed by atoms with Gasteiger partial charge in [0.25, 0.3) is 0 Å². The molecule has 1 heterocycles. The van der Waals surface area contributed by atoms with Gasteiger partial charge in [-0.1, -0.05) is 0 Å². The summed E-state index contributed by atoms with van der Waals surface area (Å²) in [5.74, 6) is -3.16. The van der Waals surface area contributed by atoms with Gasteiger partial charge in [-0.2, -0.15) is 0 Å². The van der Waals surface area contributed by atoms with Gasteiger partial charge >= 0.3 is 25.5 Å². The summed E-state index contributed by atoms with van der Waals surface area (Å²) in [5, 5.41) is 27.3. The Morgan fingerprint density at radius 2 is 0.833 bits per heavy atom. The predicted molar refractivity (Wildman–Crippen MR) is 101 cm³/mol. The number of aliphatic carboxylic acids is 3. The molecule has 0 atom stereocenters. The molecule has 30 heavy (non-hydrogen) atoms. The number of carbonyl (C=O) groups is 3. The van der Waals surface area contributed by atoms with E-state index in [0.717, 1.165) is 0 Å². The van der Waals surface area contributed by atoms with Gasteiger partial charge in [0.2, 0.25) is 0 Å². The fourth-order valence-electron chi connectivity index (χ4n) is 3.03. The summed E-state index contributed by atoms with van der Waals surface area (Å²) < 4.78 is 11.4. The predicted octanol–water partition coefficient (Wildman–Crippen LogP) is -2.40. The molecular weight excluding hydrogens is 568 g/mol. The van der Waals surface area contributed by atoms with Crippen molar-refractivity contribution >= 4 is 25.5 Å². The zero-order valence-corrected chi connectivity index (χ0v) is 19.6. The van der Waals surface area contributed by atoms with E-state index < -0.39 is 31.8 Å². The van der Waals surface area contributed by atoms with E-state index in [4.69, 9.17) is 15.3 Å². The van der Waals surface area contributed by atoms with Crippen molar-refractivity contribution in [1.82, 2.24) is 19.6 Å². The molecule has 0 saturated carbocycles. The van der Waals surface area contributed by atoms with Crippen LogP contribution >= 0.6 is 7.60 Å². The van der Waals surface area contributed by atoms with Gasteiger partial charge in [0, 0.05) is 92.3 Å². The smallest absolute Gasteiger partial charge is 0.339 e. The van der Waals surface area contributed by atoms with Crippen LogP contribution < -0.4 is 0 Å². The summed E-state index contributed by atoms with van der Waals surface area (Å²) in [4.78, 5) is 58.2. The first kappa shape index (κ1) is 29.7. The molecule has 0 spiro atoms. The van der Waals surface area contributed by atoms with Gasteiger partial charge in [-0.05, 0) is 0 Å². The fraction of sp³-hybridized carbons (Fsp3) is 0.800. The SMILES string of the molecule is O=C(O)CN1CCN(CC(=O)O)CCN(CP(=O)(O)O)CCN(CC(=O)O)CC1.[Gd]. The molecule has 0 aromatic rings. The molecule has 1 fully saturated rings. The van der Waals surface area contributed by atoms with Crippen molar-refractivity contribution in [1.29, 1.82) is 0 Å². The molecule has 176 valence electrons. The van der Waals surface area contributed by atoms with Gasteiger partial charge in [0.05, 0.1) is 19.6 Å². The van der Waals surface area contributed by atoms with Gasteiger partial charge in [-0.3, -0.25) is 38.5 Å². The zero-order valence-electron chi connectivity index (χ0n) is 16.4. The van der Waals surface area contributed by atoms with E-state index in [2.05, 4.69) is 0 Å². The Labute approximate surface area is 206 Å². The third kappa shape index (κ3) is 14.7. The molecular formula is C15H29GdN4O9P. The molecule has 1 aliphatic rings. The van der Waals surface area contributed by atoms with Gasteiger partial charge in [-0.15, -0.1) is 0 Å². The van der Waals surface area contributed by atoms with Crippen LogP contribution in [0.15, 0.2) is 0 Å². The maximum Gasteiger partial charge on any atom is 0.339 e. The molecule has 0 aromatic heterocycles. The maximum atomic E-state index is 11.4. The number of carboxylic acid groups (broad SMARTS) is 3. The monoisotopic (exact) mass is 598 g/mol. The molecule has 0 unspecified atom stereocenters. The average molecular weight is 598 g/mol. The van der Waals surface area contributed by atoms with Crippen molar-refractivity contribution in [2.75, 3.05) is 78.3 Å². The van der Waals surface area contributed by atoms with Crippen LogP contribution in [0.5, 0.6) is 0 Å². The van der Waals surface area contributed by atoms with Crippen LogP contribution in [0.4, 0.5) is 0 Å². The first-order chi connectivity index (χ1) is 13.4. The van der Waals surface area contributed by atoms with Crippen molar-refractivity contribution in [3.05, 3.63) is 0 Å². The Balaban J connectivity index is 0.00000841. The number of rotatable bonds is 8. The first-order valence-electron chi connectivity index (χ1n) is 9.04. The minimum absolute atomic E-state index is 0. The largest absolute Gasteiger partial charge is 0.480 e. The summed E-state index contributed by atoms with van der Waals surface area (Å²) in [6, 6.07) is 0. The van der Waals surface area contributed by atoms with Gasteiger partial charge in [0.1, 0.15) is 6.29 Å². The van der Waals surface area contributed by atoms with E-state index in [-0.39, 0.29) is 112 Å². The van der Waals surface area contributed by atoms with Gasteiger partial charge < -0.3 is 25.1 Å². The quantitative estimate of drug-likeness (QED) is 0.187. The first-order valence-corrected chi connectivity index (χ1v) is 10.8. The summed E-state index contributed by atoms with van der Waals surface area (Å²) in [7, 11) is -4.35. The van der Waals surface area contributed by atoms with Crippen LogP contribution in [0.2, 0.25) is 0 Å². The Bertz CT molecular complexity index is 589. The normalized spacial score (nSPS) is 19.3. The topological polar surface area (TPSA) is 182 Å². The molecule has 0 amide bonds. The standard InChI is InChI=1S/C15H29N4O9P.Gd/c20-13(21)9-16-1-3-17(10-14(22)23)5-7-19(12-29(26,27)28)8-6-18(4-2-16)11-15(24)25;/h1-12H2,(H,20,21)(H,22,23)(H,24,25)(H2,26,27,28);. The second kappa shape index (κ2) is 14.7. The van der Waals surface area contributed by atoms with E-state index in [9.17, 15) is 28.7 Å². The Kier molecular flexibility index (Phi) is 14.6. The fourth-order valence-corrected chi connectivity index (χ4v) is 3.83. The van der Waals surface area contributed by atoms with E-state index in [1.165, 1.54) is 4.90 Å². The number of hydrogen-bond donors (Lipinski definition) is 5. The summed E-state index contributed by atoms with van der Waals surface area (Å²) in [6.45, 7) is 0.995. The molecule has 1 rings (SSSR count).